The maximum absolute atomic E-state index is 12.2. The second-order valence-electron chi connectivity index (χ2n) is 3.52. The van der Waals surface area contributed by atoms with Crippen molar-refractivity contribution >= 4 is 21.6 Å². The normalized spacial score (nSPS) is 13.4. The van der Waals surface area contributed by atoms with E-state index < -0.39 is 16.1 Å². The van der Waals surface area contributed by atoms with Gasteiger partial charge in [-0.2, -0.15) is 9.57 Å². The van der Waals surface area contributed by atoms with Crippen molar-refractivity contribution in [3.63, 3.8) is 0 Å². The minimum absolute atomic E-state index is 0.0473. The van der Waals surface area contributed by atoms with Gasteiger partial charge in [0, 0.05) is 19.3 Å². The van der Waals surface area contributed by atoms with Crippen LogP contribution in [0.4, 0.5) is 0 Å². The van der Waals surface area contributed by atoms with Crippen LogP contribution < -0.4 is 0 Å². The molecule has 0 spiro atoms. The van der Waals surface area contributed by atoms with E-state index in [9.17, 15) is 8.42 Å². The fourth-order valence-corrected chi connectivity index (χ4v) is 3.00. The molecule has 0 bridgehead atoms. The molecule has 1 unspecified atom stereocenters. The number of sulfonamides is 1. The first-order chi connectivity index (χ1) is 7.91. The van der Waals surface area contributed by atoms with Gasteiger partial charge in [-0.1, -0.05) is 11.6 Å². The van der Waals surface area contributed by atoms with Crippen LogP contribution in [0.2, 0.25) is 5.15 Å². The van der Waals surface area contributed by atoms with E-state index in [1.165, 1.54) is 25.4 Å². The maximum atomic E-state index is 12.2. The van der Waals surface area contributed by atoms with Gasteiger partial charge < -0.3 is 0 Å². The molecule has 17 heavy (non-hydrogen) atoms. The summed E-state index contributed by atoms with van der Waals surface area (Å²) < 4.78 is 25.4. The highest BCUT2D eigenvalue weighted by Gasteiger charge is 2.27. The minimum Gasteiger partial charge on any atom is -0.243 e. The van der Waals surface area contributed by atoms with E-state index in [1.807, 2.05) is 6.07 Å². The molecule has 0 N–H and O–H groups in total. The second-order valence-corrected chi connectivity index (χ2v) is 5.85. The van der Waals surface area contributed by atoms with Crippen LogP contribution >= 0.6 is 11.6 Å². The van der Waals surface area contributed by atoms with Crippen LogP contribution in [-0.4, -0.2) is 30.8 Å². The summed E-state index contributed by atoms with van der Waals surface area (Å²) in [6.45, 7) is 1.66. The summed E-state index contributed by atoms with van der Waals surface area (Å²) in [5.41, 5.74) is 0. The Bertz CT molecular complexity index is 539. The summed E-state index contributed by atoms with van der Waals surface area (Å²) in [5.74, 6) is 0. The Labute approximate surface area is 106 Å². The van der Waals surface area contributed by atoms with Crippen LogP contribution in [0.1, 0.15) is 13.3 Å². The van der Waals surface area contributed by atoms with Gasteiger partial charge in [-0.15, -0.1) is 0 Å². The minimum atomic E-state index is -3.70. The molecule has 5 nitrogen and oxygen atoms in total. The Morgan fingerprint density at radius 3 is 2.82 bits per heavy atom. The predicted molar refractivity (Wildman–Crippen MR) is 63.9 cm³/mol. The molecule has 0 aliphatic heterocycles. The van der Waals surface area contributed by atoms with Gasteiger partial charge >= 0.3 is 0 Å². The first kappa shape index (κ1) is 13.9. The van der Waals surface area contributed by atoms with Crippen LogP contribution in [-0.2, 0) is 10.0 Å². The Balaban J connectivity index is 3.13. The highest BCUT2D eigenvalue weighted by Crippen LogP contribution is 2.23. The Morgan fingerprint density at radius 1 is 1.65 bits per heavy atom. The van der Waals surface area contributed by atoms with Crippen LogP contribution in [0.5, 0.6) is 0 Å². The molecule has 0 saturated heterocycles. The summed E-state index contributed by atoms with van der Waals surface area (Å²) in [7, 11) is -2.29. The number of nitrogens with zero attached hydrogens (tertiary/aromatic N) is 3. The lowest BCUT2D eigenvalue weighted by atomic mass is 10.3. The lowest BCUT2D eigenvalue weighted by molar-refractivity contribution is 0.393. The molecule has 0 radical (unpaired) electrons. The molecule has 0 saturated carbocycles. The highest BCUT2D eigenvalue weighted by molar-refractivity contribution is 7.89. The van der Waals surface area contributed by atoms with Crippen LogP contribution in [0.15, 0.2) is 23.2 Å². The van der Waals surface area contributed by atoms with Gasteiger partial charge in [0.2, 0.25) is 10.0 Å². The van der Waals surface area contributed by atoms with E-state index in [0.717, 1.165) is 4.31 Å². The molecule has 0 aliphatic carbocycles. The molecule has 1 heterocycles. The van der Waals surface area contributed by atoms with Gasteiger partial charge in [-0.25, -0.2) is 13.4 Å². The molecule has 1 atom stereocenters. The van der Waals surface area contributed by atoms with E-state index in [2.05, 4.69) is 4.98 Å². The zero-order valence-corrected chi connectivity index (χ0v) is 11.0. The largest absolute Gasteiger partial charge is 0.246 e. The number of hydrogen-bond donors (Lipinski definition) is 0. The average Bonchev–Trinajstić information content (AvgIpc) is 2.28. The number of nitriles is 1. The quantitative estimate of drug-likeness (QED) is 0.782. The second kappa shape index (κ2) is 5.45. The lowest BCUT2D eigenvalue weighted by Crippen LogP contribution is -2.35. The average molecular weight is 274 g/mol. The summed E-state index contributed by atoms with van der Waals surface area (Å²) >= 11 is 5.75. The zero-order valence-electron chi connectivity index (χ0n) is 9.46. The van der Waals surface area contributed by atoms with E-state index in [1.54, 1.807) is 6.92 Å². The molecule has 0 aromatic carbocycles. The van der Waals surface area contributed by atoms with Crippen molar-refractivity contribution in [3.8, 4) is 6.07 Å². The molecule has 7 heteroatoms. The van der Waals surface area contributed by atoms with E-state index >= 15 is 0 Å². The van der Waals surface area contributed by atoms with Crippen molar-refractivity contribution in [2.24, 2.45) is 0 Å². The third-order valence-electron chi connectivity index (χ3n) is 2.39. The van der Waals surface area contributed by atoms with Gasteiger partial charge in [-0.3, -0.25) is 0 Å². The molecule has 1 aromatic heterocycles. The molecule has 0 aliphatic rings. The standard InChI is InChI=1S/C10H12ClN3O2S/c1-8(5-6-12)14(2)17(15,16)9-4-3-7-13-10(9)11/h3-4,7-8H,5H2,1-2H3. The van der Waals surface area contributed by atoms with Crippen molar-refractivity contribution < 1.29 is 8.42 Å². The molecule has 1 aromatic rings. The molecular formula is C10H12ClN3O2S. The van der Waals surface area contributed by atoms with Crippen molar-refractivity contribution in [2.45, 2.75) is 24.3 Å². The Kier molecular flexibility index (Phi) is 4.46. The molecule has 92 valence electrons. The van der Waals surface area contributed by atoms with Crippen molar-refractivity contribution in [1.82, 2.24) is 9.29 Å². The molecule has 0 amide bonds. The van der Waals surface area contributed by atoms with Crippen molar-refractivity contribution in [3.05, 3.63) is 23.5 Å². The summed E-state index contributed by atoms with van der Waals surface area (Å²) in [6.07, 6.45) is 1.54. The van der Waals surface area contributed by atoms with Gasteiger partial charge in [0.1, 0.15) is 10.0 Å². The monoisotopic (exact) mass is 273 g/mol. The van der Waals surface area contributed by atoms with Gasteiger partial charge in [0.05, 0.1) is 12.5 Å². The van der Waals surface area contributed by atoms with Crippen LogP contribution in [0.25, 0.3) is 0 Å². The Hall–Kier alpha value is -1.16. The highest BCUT2D eigenvalue weighted by atomic mass is 35.5. The van der Waals surface area contributed by atoms with E-state index in [0.29, 0.717) is 0 Å². The summed E-state index contributed by atoms with van der Waals surface area (Å²) in [5, 5.41) is 8.50. The third-order valence-corrected chi connectivity index (χ3v) is 4.81. The number of rotatable bonds is 4. The third kappa shape index (κ3) is 2.94. The number of pyridine rings is 1. The summed E-state index contributed by atoms with van der Waals surface area (Å²) in [6, 6.07) is 4.41. The van der Waals surface area contributed by atoms with Crippen LogP contribution in [0.3, 0.4) is 0 Å². The Morgan fingerprint density at radius 2 is 2.29 bits per heavy atom. The fourth-order valence-electron chi connectivity index (χ4n) is 1.22. The smallest absolute Gasteiger partial charge is 0.243 e. The number of halogens is 1. The summed E-state index contributed by atoms with van der Waals surface area (Å²) in [4.78, 5) is 3.68. The van der Waals surface area contributed by atoms with Gasteiger partial charge in [0.15, 0.2) is 0 Å². The maximum Gasteiger partial charge on any atom is 0.246 e. The SMILES string of the molecule is CC(CC#N)N(C)S(=O)(=O)c1cccnc1Cl. The first-order valence-electron chi connectivity index (χ1n) is 4.86. The number of aromatic nitrogens is 1. The molecule has 1 rings (SSSR count). The first-order valence-corrected chi connectivity index (χ1v) is 6.68. The van der Waals surface area contributed by atoms with E-state index in [-0.39, 0.29) is 16.5 Å². The zero-order chi connectivity index (χ0) is 13.1. The topological polar surface area (TPSA) is 74.1 Å². The van der Waals surface area contributed by atoms with Crippen molar-refractivity contribution in [1.29, 1.82) is 5.26 Å². The van der Waals surface area contributed by atoms with E-state index in [4.69, 9.17) is 16.9 Å². The van der Waals surface area contributed by atoms with Crippen molar-refractivity contribution in [2.75, 3.05) is 7.05 Å². The predicted octanol–water partition coefficient (Wildman–Crippen LogP) is 1.66. The van der Waals surface area contributed by atoms with Gasteiger partial charge in [0.25, 0.3) is 0 Å². The van der Waals surface area contributed by atoms with Gasteiger partial charge in [-0.05, 0) is 19.1 Å². The lowest BCUT2D eigenvalue weighted by Gasteiger charge is -2.22. The molecule has 0 fully saturated rings. The van der Waals surface area contributed by atoms with Crippen LogP contribution in [0, 0.1) is 11.3 Å². The number of hydrogen-bond acceptors (Lipinski definition) is 4. The molecular weight excluding hydrogens is 262 g/mol. The fraction of sp³-hybridized carbons (Fsp3) is 0.400.